The van der Waals surface area contributed by atoms with Gasteiger partial charge in [-0.15, -0.1) is 0 Å². The molecule has 0 aliphatic heterocycles. The van der Waals surface area contributed by atoms with Gasteiger partial charge in [0.15, 0.2) is 0 Å². The summed E-state index contributed by atoms with van der Waals surface area (Å²) in [6.45, 7) is 2.04. The molecular weight excluding hydrogens is 255 g/mol. The Hall–Kier alpha value is -0.810. The van der Waals surface area contributed by atoms with Crippen molar-refractivity contribution >= 4 is 34.7 Å². The van der Waals surface area contributed by atoms with Gasteiger partial charge in [-0.05, 0) is 43.6 Å². The predicted molar refractivity (Wildman–Crippen MR) is 78.4 cm³/mol. The zero-order valence-electron chi connectivity index (χ0n) is 10.00. The van der Waals surface area contributed by atoms with Gasteiger partial charge in [-0.3, -0.25) is 0 Å². The standard InChI is InChI=1S/C12H17FN2S2/c1-8(5-6-17-2)15-11-4-3-9(12(14)16)7-10(11)13/h3-4,7-8,15H,5-6H2,1-2H3,(H2,14,16). The summed E-state index contributed by atoms with van der Waals surface area (Å²) in [7, 11) is 0. The molecule has 94 valence electrons. The van der Waals surface area contributed by atoms with E-state index in [2.05, 4.69) is 11.6 Å². The maximum atomic E-state index is 13.7. The maximum Gasteiger partial charge on any atom is 0.146 e. The molecule has 0 aromatic heterocycles. The third kappa shape index (κ3) is 4.52. The molecule has 3 N–H and O–H groups in total. The number of hydrogen-bond donors (Lipinski definition) is 2. The van der Waals surface area contributed by atoms with Crippen LogP contribution in [-0.2, 0) is 0 Å². The summed E-state index contributed by atoms with van der Waals surface area (Å²) in [4.78, 5) is 0.214. The summed E-state index contributed by atoms with van der Waals surface area (Å²) in [5.74, 6) is 0.743. The zero-order chi connectivity index (χ0) is 12.8. The number of halogens is 1. The first-order chi connectivity index (χ1) is 8.04. The molecule has 1 aromatic carbocycles. The molecule has 0 radical (unpaired) electrons. The molecule has 0 saturated carbocycles. The monoisotopic (exact) mass is 272 g/mol. The molecule has 0 saturated heterocycles. The molecule has 1 aromatic rings. The molecule has 0 aliphatic rings. The van der Waals surface area contributed by atoms with Gasteiger partial charge in [0.2, 0.25) is 0 Å². The van der Waals surface area contributed by atoms with Gasteiger partial charge in [0.25, 0.3) is 0 Å². The minimum absolute atomic E-state index is 0.214. The molecule has 17 heavy (non-hydrogen) atoms. The summed E-state index contributed by atoms with van der Waals surface area (Å²) >= 11 is 6.58. The second-order valence-electron chi connectivity index (χ2n) is 3.89. The number of hydrogen-bond acceptors (Lipinski definition) is 3. The first kappa shape index (κ1) is 14.3. The van der Waals surface area contributed by atoms with Crippen LogP contribution in [0, 0.1) is 5.82 Å². The van der Waals surface area contributed by atoms with Gasteiger partial charge in [-0.2, -0.15) is 11.8 Å². The number of thioether (sulfide) groups is 1. The number of nitrogens with two attached hydrogens (primary N) is 1. The largest absolute Gasteiger partial charge is 0.389 e. The highest BCUT2D eigenvalue weighted by Crippen LogP contribution is 2.17. The first-order valence-corrected chi connectivity index (χ1v) is 7.19. The van der Waals surface area contributed by atoms with Crippen LogP contribution >= 0.6 is 24.0 Å². The summed E-state index contributed by atoms with van der Waals surface area (Å²) in [5.41, 5.74) is 6.50. The van der Waals surface area contributed by atoms with Crippen LogP contribution in [0.5, 0.6) is 0 Å². The molecule has 5 heteroatoms. The molecular formula is C12H17FN2S2. The highest BCUT2D eigenvalue weighted by atomic mass is 32.2. The van der Waals surface area contributed by atoms with Crippen LogP contribution in [0.2, 0.25) is 0 Å². The fourth-order valence-corrected chi connectivity index (χ4v) is 2.13. The van der Waals surface area contributed by atoms with Crippen molar-refractivity contribution in [3.63, 3.8) is 0 Å². The second kappa shape index (κ2) is 6.81. The maximum absolute atomic E-state index is 13.7. The van der Waals surface area contributed by atoms with Crippen LogP contribution in [0.1, 0.15) is 18.9 Å². The third-order valence-corrected chi connectivity index (χ3v) is 3.29. The Labute approximate surface area is 111 Å². The lowest BCUT2D eigenvalue weighted by Gasteiger charge is -2.15. The Morgan fingerprint density at radius 2 is 2.29 bits per heavy atom. The van der Waals surface area contributed by atoms with Crippen molar-refractivity contribution in [2.45, 2.75) is 19.4 Å². The fraction of sp³-hybridized carbons (Fsp3) is 0.417. The van der Waals surface area contributed by atoms with Gasteiger partial charge in [-0.1, -0.05) is 12.2 Å². The van der Waals surface area contributed by atoms with E-state index in [1.807, 2.05) is 6.92 Å². The zero-order valence-corrected chi connectivity index (χ0v) is 11.6. The SMILES string of the molecule is CSCCC(C)Nc1ccc(C(N)=S)cc1F. The van der Waals surface area contributed by atoms with Crippen molar-refractivity contribution in [3.05, 3.63) is 29.6 Å². The van der Waals surface area contributed by atoms with E-state index in [-0.39, 0.29) is 16.8 Å². The smallest absolute Gasteiger partial charge is 0.146 e. The summed E-state index contributed by atoms with van der Waals surface area (Å²) in [5, 5.41) is 3.14. The Kier molecular flexibility index (Phi) is 5.71. The number of nitrogens with one attached hydrogen (secondary N) is 1. The Morgan fingerprint density at radius 3 is 2.82 bits per heavy atom. The second-order valence-corrected chi connectivity index (χ2v) is 5.31. The van der Waals surface area contributed by atoms with E-state index < -0.39 is 0 Å². The average Bonchev–Trinajstić information content (AvgIpc) is 2.28. The normalized spacial score (nSPS) is 12.2. The highest BCUT2D eigenvalue weighted by Gasteiger charge is 2.08. The minimum atomic E-state index is -0.314. The number of anilines is 1. The molecule has 2 nitrogen and oxygen atoms in total. The van der Waals surface area contributed by atoms with E-state index >= 15 is 0 Å². The third-order valence-electron chi connectivity index (χ3n) is 2.41. The van der Waals surface area contributed by atoms with Crippen molar-refractivity contribution in [2.75, 3.05) is 17.3 Å². The van der Waals surface area contributed by atoms with Gasteiger partial charge in [-0.25, -0.2) is 4.39 Å². The molecule has 0 aliphatic carbocycles. The lowest BCUT2D eigenvalue weighted by atomic mass is 10.1. The van der Waals surface area contributed by atoms with Crippen LogP contribution in [0.15, 0.2) is 18.2 Å². The molecule has 0 bridgehead atoms. The van der Waals surface area contributed by atoms with Crippen molar-refractivity contribution in [1.29, 1.82) is 0 Å². The van der Waals surface area contributed by atoms with E-state index in [9.17, 15) is 4.39 Å². The van der Waals surface area contributed by atoms with E-state index in [1.165, 1.54) is 6.07 Å². The van der Waals surface area contributed by atoms with Gasteiger partial charge >= 0.3 is 0 Å². The van der Waals surface area contributed by atoms with E-state index in [4.69, 9.17) is 18.0 Å². The van der Waals surface area contributed by atoms with E-state index in [0.717, 1.165) is 12.2 Å². The number of thiocarbonyl (C=S) groups is 1. The highest BCUT2D eigenvalue weighted by molar-refractivity contribution is 7.98. The van der Waals surface area contributed by atoms with E-state index in [1.54, 1.807) is 23.9 Å². The molecule has 1 unspecified atom stereocenters. The van der Waals surface area contributed by atoms with Crippen LogP contribution in [0.4, 0.5) is 10.1 Å². The van der Waals surface area contributed by atoms with Gasteiger partial charge in [0.05, 0.1) is 5.69 Å². The average molecular weight is 272 g/mol. The summed E-state index contributed by atoms with van der Waals surface area (Å²) in [6.07, 6.45) is 3.06. The van der Waals surface area contributed by atoms with E-state index in [0.29, 0.717) is 11.3 Å². The number of benzene rings is 1. The minimum Gasteiger partial charge on any atom is -0.389 e. The van der Waals surface area contributed by atoms with Crippen LogP contribution in [-0.4, -0.2) is 23.0 Å². The van der Waals surface area contributed by atoms with Crippen molar-refractivity contribution in [3.8, 4) is 0 Å². The van der Waals surface area contributed by atoms with Crippen molar-refractivity contribution < 1.29 is 4.39 Å². The van der Waals surface area contributed by atoms with Crippen LogP contribution < -0.4 is 11.1 Å². The Balaban J connectivity index is 2.69. The molecule has 0 fully saturated rings. The van der Waals surface area contributed by atoms with Gasteiger partial charge in [0.1, 0.15) is 10.8 Å². The predicted octanol–water partition coefficient (Wildman–Crippen LogP) is 3.01. The van der Waals surface area contributed by atoms with Crippen LogP contribution in [0.25, 0.3) is 0 Å². The molecule has 0 spiro atoms. The van der Waals surface area contributed by atoms with Crippen molar-refractivity contribution in [1.82, 2.24) is 0 Å². The van der Waals surface area contributed by atoms with Gasteiger partial charge < -0.3 is 11.1 Å². The fourth-order valence-electron chi connectivity index (χ4n) is 1.42. The Morgan fingerprint density at radius 1 is 1.59 bits per heavy atom. The first-order valence-electron chi connectivity index (χ1n) is 5.39. The molecule has 1 atom stereocenters. The van der Waals surface area contributed by atoms with Gasteiger partial charge in [0, 0.05) is 11.6 Å². The molecule has 1 rings (SSSR count). The number of rotatable bonds is 6. The topological polar surface area (TPSA) is 38.0 Å². The lowest BCUT2D eigenvalue weighted by Crippen LogP contribution is -2.17. The molecule has 0 heterocycles. The summed E-state index contributed by atoms with van der Waals surface area (Å²) < 4.78 is 13.7. The van der Waals surface area contributed by atoms with Crippen molar-refractivity contribution in [2.24, 2.45) is 5.73 Å². The van der Waals surface area contributed by atoms with Crippen LogP contribution in [0.3, 0.4) is 0 Å². The quantitative estimate of drug-likeness (QED) is 0.781. The molecule has 0 amide bonds. The summed E-state index contributed by atoms with van der Waals surface area (Å²) in [6, 6.07) is 5.02. The Bertz CT molecular complexity index is 396. The lowest BCUT2D eigenvalue weighted by molar-refractivity contribution is 0.625.